The Morgan fingerprint density at radius 1 is 1.12 bits per heavy atom. The summed E-state index contributed by atoms with van der Waals surface area (Å²) in [6.07, 6.45) is 1.10. The van der Waals surface area contributed by atoms with Crippen molar-refractivity contribution in [2.24, 2.45) is 0 Å². The lowest BCUT2D eigenvalue weighted by molar-refractivity contribution is 0.0773. The molecule has 0 heterocycles. The molecule has 0 aliphatic carbocycles. The number of anilines is 1. The van der Waals surface area contributed by atoms with E-state index in [1.165, 1.54) is 0 Å². The number of nitrogens with one attached hydrogen (secondary N) is 1. The van der Waals surface area contributed by atoms with Crippen LogP contribution in [0.1, 0.15) is 37.6 Å². The van der Waals surface area contributed by atoms with Crippen LogP contribution in [0.3, 0.4) is 0 Å². The van der Waals surface area contributed by atoms with Gasteiger partial charge in [0.2, 0.25) is 0 Å². The van der Waals surface area contributed by atoms with Gasteiger partial charge < -0.3 is 10.2 Å². The summed E-state index contributed by atoms with van der Waals surface area (Å²) in [5.74, 6) is 0.108. The SMILES string of the molecule is CCCNc1ccc(C(=O)N(CC)CC)cc1. The zero-order chi connectivity index (χ0) is 12.7. The first-order valence-corrected chi connectivity index (χ1v) is 6.36. The van der Waals surface area contributed by atoms with Gasteiger partial charge >= 0.3 is 0 Å². The molecule has 0 aromatic heterocycles. The van der Waals surface area contributed by atoms with Crippen molar-refractivity contribution in [2.75, 3.05) is 25.0 Å². The Labute approximate surface area is 104 Å². The maximum atomic E-state index is 12.0. The van der Waals surface area contributed by atoms with Crippen LogP contribution < -0.4 is 5.32 Å². The molecule has 0 saturated heterocycles. The monoisotopic (exact) mass is 234 g/mol. The number of nitrogens with zero attached hydrogens (tertiary/aromatic N) is 1. The third kappa shape index (κ3) is 3.77. The Balaban J connectivity index is 2.69. The number of carbonyl (C=O) groups is 1. The lowest BCUT2D eigenvalue weighted by atomic mass is 10.1. The van der Waals surface area contributed by atoms with Gasteiger partial charge in [-0.1, -0.05) is 6.92 Å². The molecule has 1 rings (SSSR count). The molecule has 94 valence electrons. The van der Waals surface area contributed by atoms with Crippen LogP contribution in [0.25, 0.3) is 0 Å². The van der Waals surface area contributed by atoms with Crippen LogP contribution in [0.5, 0.6) is 0 Å². The lowest BCUT2D eigenvalue weighted by Gasteiger charge is -2.18. The fourth-order valence-corrected chi connectivity index (χ4v) is 1.69. The van der Waals surface area contributed by atoms with Gasteiger partial charge in [0.25, 0.3) is 5.91 Å². The molecular formula is C14H22N2O. The predicted octanol–water partition coefficient (Wildman–Crippen LogP) is 2.99. The molecule has 0 aliphatic heterocycles. The Hall–Kier alpha value is -1.51. The van der Waals surface area contributed by atoms with Crippen LogP contribution in [-0.4, -0.2) is 30.4 Å². The molecule has 1 amide bonds. The second kappa shape index (κ2) is 6.94. The molecule has 3 nitrogen and oxygen atoms in total. The second-order valence-corrected chi connectivity index (χ2v) is 3.98. The number of rotatable bonds is 6. The fraction of sp³-hybridized carbons (Fsp3) is 0.500. The first-order chi connectivity index (χ1) is 8.22. The molecule has 0 spiro atoms. The highest BCUT2D eigenvalue weighted by Gasteiger charge is 2.11. The topological polar surface area (TPSA) is 32.3 Å². The maximum absolute atomic E-state index is 12.0. The van der Waals surface area contributed by atoms with Gasteiger partial charge in [-0.2, -0.15) is 0 Å². The van der Waals surface area contributed by atoms with E-state index in [1.807, 2.05) is 43.0 Å². The third-order valence-electron chi connectivity index (χ3n) is 2.76. The first-order valence-electron chi connectivity index (χ1n) is 6.36. The van der Waals surface area contributed by atoms with Gasteiger partial charge in [0.15, 0.2) is 0 Å². The van der Waals surface area contributed by atoms with Gasteiger partial charge in [0.1, 0.15) is 0 Å². The van der Waals surface area contributed by atoms with E-state index in [4.69, 9.17) is 0 Å². The summed E-state index contributed by atoms with van der Waals surface area (Å²) >= 11 is 0. The van der Waals surface area contributed by atoms with Crippen LogP contribution in [0.15, 0.2) is 24.3 Å². The number of benzene rings is 1. The summed E-state index contributed by atoms with van der Waals surface area (Å²) < 4.78 is 0. The highest BCUT2D eigenvalue weighted by molar-refractivity contribution is 5.94. The molecule has 1 N–H and O–H groups in total. The van der Waals surface area contributed by atoms with Crippen molar-refractivity contribution in [1.82, 2.24) is 4.90 Å². The van der Waals surface area contributed by atoms with Gasteiger partial charge in [-0.25, -0.2) is 0 Å². The molecule has 17 heavy (non-hydrogen) atoms. The molecule has 1 aromatic carbocycles. The van der Waals surface area contributed by atoms with Gasteiger partial charge in [0.05, 0.1) is 0 Å². The van der Waals surface area contributed by atoms with Gasteiger partial charge in [-0.15, -0.1) is 0 Å². The Kier molecular flexibility index (Phi) is 5.53. The van der Waals surface area contributed by atoms with Crippen molar-refractivity contribution < 1.29 is 4.79 Å². The standard InChI is InChI=1S/C14H22N2O/c1-4-11-15-13-9-7-12(8-10-13)14(17)16(5-2)6-3/h7-10,15H,4-6,11H2,1-3H3. The van der Waals surface area contributed by atoms with Crippen molar-refractivity contribution in [3.63, 3.8) is 0 Å². The summed E-state index contributed by atoms with van der Waals surface area (Å²) in [5, 5.41) is 3.29. The minimum absolute atomic E-state index is 0.108. The van der Waals surface area contributed by atoms with E-state index >= 15 is 0 Å². The molecule has 1 aromatic rings. The van der Waals surface area contributed by atoms with Crippen molar-refractivity contribution >= 4 is 11.6 Å². The van der Waals surface area contributed by atoms with Crippen molar-refractivity contribution in [2.45, 2.75) is 27.2 Å². The van der Waals surface area contributed by atoms with E-state index in [0.29, 0.717) is 0 Å². The zero-order valence-corrected chi connectivity index (χ0v) is 11.0. The van der Waals surface area contributed by atoms with Crippen LogP contribution in [0, 0.1) is 0 Å². The Morgan fingerprint density at radius 3 is 2.18 bits per heavy atom. The molecule has 0 saturated carbocycles. The molecule has 0 fully saturated rings. The van der Waals surface area contributed by atoms with E-state index in [0.717, 1.165) is 37.3 Å². The zero-order valence-electron chi connectivity index (χ0n) is 11.0. The minimum atomic E-state index is 0.108. The van der Waals surface area contributed by atoms with Crippen molar-refractivity contribution in [1.29, 1.82) is 0 Å². The van der Waals surface area contributed by atoms with Crippen LogP contribution >= 0.6 is 0 Å². The molecule has 0 atom stereocenters. The average Bonchev–Trinajstić information content (AvgIpc) is 2.38. The molecule has 0 unspecified atom stereocenters. The molecular weight excluding hydrogens is 212 g/mol. The molecule has 3 heteroatoms. The van der Waals surface area contributed by atoms with Crippen LogP contribution in [-0.2, 0) is 0 Å². The minimum Gasteiger partial charge on any atom is -0.385 e. The summed E-state index contributed by atoms with van der Waals surface area (Å²) in [6, 6.07) is 7.70. The van der Waals surface area contributed by atoms with E-state index in [9.17, 15) is 4.79 Å². The van der Waals surface area contributed by atoms with Crippen molar-refractivity contribution in [3.8, 4) is 0 Å². The van der Waals surface area contributed by atoms with E-state index in [-0.39, 0.29) is 5.91 Å². The predicted molar refractivity (Wildman–Crippen MR) is 72.5 cm³/mol. The largest absolute Gasteiger partial charge is 0.385 e. The van der Waals surface area contributed by atoms with Crippen molar-refractivity contribution in [3.05, 3.63) is 29.8 Å². The highest BCUT2D eigenvalue weighted by atomic mass is 16.2. The number of amides is 1. The lowest BCUT2D eigenvalue weighted by Crippen LogP contribution is -2.30. The quantitative estimate of drug-likeness (QED) is 0.820. The summed E-state index contributed by atoms with van der Waals surface area (Å²) in [4.78, 5) is 13.9. The second-order valence-electron chi connectivity index (χ2n) is 3.98. The molecule has 0 radical (unpaired) electrons. The van der Waals surface area contributed by atoms with Gasteiger partial charge in [-0.3, -0.25) is 4.79 Å². The Morgan fingerprint density at radius 2 is 1.71 bits per heavy atom. The van der Waals surface area contributed by atoms with Crippen LogP contribution in [0.2, 0.25) is 0 Å². The van der Waals surface area contributed by atoms with E-state index < -0.39 is 0 Å². The highest BCUT2D eigenvalue weighted by Crippen LogP contribution is 2.11. The number of carbonyl (C=O) groups excluding carboxylic acids is 1. The fourth-order valence-electron chi connectivity index (χ4n) is 1.69. The van der Waals surface area contributed by atoms with Gasteiger partial charge in [0, 0.05) is 30.9 Å². The summed E-state index contributed by atoms with van der Waals surface area (Å²) in [6.45, 7) is 8.60. The average molecular weight is 234 g/mol. The smallest absolute Gasteiger partial charge is 0.253 e. The number of hydrogen-bond acceptors (Lipinski definition) is 2. The van der Waals surface area contributed by atoms with Gasteiger partial charge in [-0.05, 0) is 44.5 Å². The summed E-state index contributed by atoms with van der Waals surface area (Å²) in [5.41, 5.74) is 1.83. The normalized spacial score (nSPS) is 10.1. The number of hydrogen-bond donors (Lipinski definition) is 1. The van der Waals surface area contributed by atoms with Crippen LogP contribution in [0.4, 0.5) is 5.69 Å². The third-order valence-corrected chi connectivity index (χ3v) is 2.76. The first kappa shape index (κ1) is 13.6. The molecule has 0 bridgehead atoms. The molecule has 0 aliphatic rings. The summed E-state index contributed by atoms with van der Waals surface area (Å²) in [7, 11) is 0. The van der Waals surface area contributed by atoms with E-state index in [1.54, 1.807) is 0 Å². The van der Waals surface area contributed by atoms with E-state index in [2.05, 4.69) is 12.2 Å². The Bertz CT molecular complexity index is 342. The maximum Gasteiger partial charge on any atom is 0.253 e.